The van der Waals surface area contributed by atoms with Crippen molar-refractivity contribution in [3.8, 4) is 0 Å². The average Bonchev–Trinajstić information content (AvgIpc) is 2.28. The zero-order valence-electron chi connectivity index (χ0n) is 9.18. The molecule has 0 spiro atoms. The van der Waals surface area contributed by atoms with Crippen LogP contribution in [0.25, 0.3) is 0 Å². The summed E-state index contributed by atoms with van der Waals surface area (Å²) in [5, 5.41) is 28.3. The predicted octanol–water partition coefficient (Wildman–Crippen LogP) is 2.52. The van der Waals surface area contributed by atoms with Crippen molar-refractivity contribution in [2.24, 2.45) is 0 Å². The molecular formula is C9H8ClN3O5. The van der Waals surface area contributed by atoms with Gasteiger partial charge in [-0.05, 0) is 6.92 Å². The molecule has 0 aromatic heterocycles. The summed E-state index contributed by atoms with van der Waals surface area (Å²) >= 11 is 5.56. The Labute approximate surface area is 106 Å². The summed E-state index contributed by atoms with van der Waals surface area (Å²) in [5.74, 6) is -0.389. The highest BCUT2D eigenvalue weighted by atomic mass is 35.5. The van der Waals surface area contributed by atoms with Crippen LogP contribution in [0.4, 0.5) is 11.4 Å². The summed E-state index contributed by atoms with van der Waals surface area (Å²) in [6.45, 7) is 1.79. The van der Waals surface area contributed by atoms with Crippen LogP contribution in [-0.4, -0.2) is 22.4 Å². The van der Waals surface area contributed by atoms with Gasteiger partial charge in [-0.25, -0.2) is 0 Å². The number of halogens is 1. The lowest BCUT2D eigenvalue weighted by Gasteiger charge is -2.05. The van der Waals surface area contributed by atoms with E-state index in [-0.39, 0.29) is 18.1 Å². The molecule has 0 unspecified atom stereocenters. The number of nitrogens with zero attached hydrogens (tertiary/aromatic N) is 2. The maximum atomic E-state index is 10.7. The zero-order chi connectivity index (χ0) is 13.9. The van der Waals surface area contributed by atoms with Gasteiger partial charge in [0.25, 0.3) is 11.4 Å². The fourth-order valence-electron chi connectivity index (χ4n) is 1.22. The quantitative estimate of drug-likeness (QED) is 0.391. The minimum absolute atomic E-state index is 0.0698. The van der Waals surface area contributed by atoms with Crippen LogP contribution in [0, 0.1) is 25.6 Å². The van der Waals surface area contributed by atoms with Crippen LogP contribution in [0.15, 0.2) is 12.1 Å². The van der Waals surface area contributed by atoms with E-state index in [1.165, 1.54) is 0 Å². The second-order valence-corrected chi connectivity index (χ2v) is 3.48. The van der Waals surface area contributed by atoms with E-state index in [1.54, 1.807) is 6.92 Å². The molecule has 0 aliphatic rings. The van der Waals surface area contributed by atoms with Gasteiger partial charge in [0.15, 0.2) is 5.02 Å². The molecule has 1 rings (SSSR count). The van der Waals surface area contributed by atoms with Gasteiger partial charge < -0.3 is 4.74 Å². The Balaban J connectivity index is 3.43. The van der Waals surface area contributed by atoms with Crippen LogP contribution < -0.4 is 0 Å². The second-order valence-electron chi connectivity index (χ2n) is 3.10. The molecule has 0 aliphatic heterocycles. The molecule has 0 bridgehead atoms. The number of rotatable bonds is 4. The monoisotopic (exact) mass is 273 g/mol. The van der Waals surface area contributed by atoms with E-state index in [0.29, 0.717) is 0 Å². The smallest absolute Gasteiger partial charge is 0.295 e. The summed E-state index contributed by atoms with van der Waals surface area (Å²) in [5.41, 5.74) is -1.34. The molecule has 96 valence electrons. The Morgan fingerprint density at radius 1 is 1.33 bits per heavy atom. The maximum absolute atomic E-state index is 10.7. The summed E-state index contributed by atoms with van der Waals surface area (Å²) in [4.78, 5) is 19.7. The molecule has 0 atom stereocenters. The normalized spacial score (nSPS) is 9.89. The number of nitrogens with one attached hydrogen (secondary N) is 1. The molecule has 1 N–H and O–H groups in total. The van der Waals surface area contributed by atoms with Crippen molar-refractivity contribution in [1.29, 1.82) is 5.41 Å². The number of hydrogen-bond donors (Lipinski definition) is 1. The van der Waals surface area contributed by atoms with Crippen molar-refractivity contribution in [3.63, 3.8) is 0 Å². The third-order valence-electron chi connectivity index (χ3n) is 1.98. The van der Waals surface area contributed by atoms with Gasteiger partial charge in [0.1, 0.15) is 0 Å². The van der Waals surface area contributed by atoms with Crippen LogP contribution in [0.1, 0.15) is 12.5 Å². The number of nitro groups is 2. The predicted molar refractivity (Wildman–Crippen MR) is 63.2 cm³/mol. The van der Waals surface area contributed by atoms with Crippen molar-refractivity contribution < 1.29 is 14.6 Å². The molecule has 0 radical (unpaired) electrons. The molecule has 18 heavy (non-hydrogen) atoms. The molecule has 9 heteroatoms. The van der Waals surface area contributed by atoms with E-state index in [1.807, 2.05) is 0 Å². The van der Waals surface area contributed by atoms with Crippen molar-refractivity contribution >= 4 is 28.9 Å². The van der Waals surface area contributed by atoms with Crippen LogP contribution in [0.5, 0.6) is 0 Å². The van der Waals surface area contributed by atoms with Crippen molar-refractivity contribution in [2.75, 3.05) is 6.61 Å². The Morgan fingerprint density at radius 3 is 2.11 bits per heavy atom. The molecule has 0 saturated carbocycles. The van der Waals surface area contributed by atoms with Gasteiger partial charge in [0, 0.05) is 17.7 Å². The minimum atomic E-state index is -0.849. The zero-order valence-corrected chi connectivity index (χ0v) is 9.93. The molecule has 0 saturated heterocycles. The molecular weight excluding hydrogens is 266 g/mol. The van der Waals surface area contributed by atoms with E-state index in [4.69, 9.17) is 21.7 Å². The summed E-state index contributed by atoms with van der Waals surface area (Å²) in [6, 6.07) is 1.93. The average molecular weight is 274 g/mol. The summed E-state index contributed by atoms with van der Waals surface area (Å²) < 4.78 is 4.83. The van der Waals surface area contributed by atoms with Crippen LogP contribution >= 0.6 is 11.6 Å². The SMILES string of the molecule is CCOC(=N)c1cc([N+](=O)[O-])c(Cl)c([N+](=O)[O-])c1. The van der Waals surface area contributed by atoms with Gasteiger partial charge >= 0.3 is 0 Å². The maximum Gasteiger partial charge on any atom is 0.295 e. The lowest BCUT2D eigenvalue weighted by Crippen LogP contribution is -2.07. The molecule has 8 nitrogen and oxygen atoms in total. The number of benzene rings is 1. The van der Waals surface area contributed by atoms with Gasteiger partial charge in [-0.2, -0.15) is 0 Å². The van der Waals surface area contributed by atoms with E-state index in [2.05, 4.69) is 0 Å². The molecule has 0 aliphatic carbocycles. The minimum Gasteiger partial charge on any atom is -0.478 e. The van der Waals surface area contributed by atoms with E-state index >= 15 is 0 Å². The molecule has 0 heterocycles. The Bertz CT molecular complexity index is 496. The first-order chi connectivity index (χ1) is 8.38. The van der Waals surface area contributed by atoms with Crippen molar-refractivity contribution in [3.05, 3.63) is 42.9 Å². The second kappa shape index (κ2) is 5.41. The topological polar surface area (TPSA) is 119 Å². The third-order valence-corrected chi connectivity index (χ3v) is 2.37. The molecule has 1 aromatic rings. The first-order valence-corrected chi connectivity index (χ1v) is 5.10. The fourth-order valence-corrected chi connectivity index (χ4v) is 1.47. The van der Waals surface area contributed by atoms with Gasteiger partial charge in [-0.1, -0.05) is 11.6 Å². The Hall–Kier alpha value is -2.22. The first kappa shape index (κ1) is 13.8. The van der Waals surface area contributed by atoms with Crippen molar-refractivity contribution in [1.82, 2.24) is 0 Å². The highest BCUT2D eigenvalue weighted by molar-refractivity contribution is 6.35. The largest absolute Gasteiger partial charge is 0.478 e. The summed E-state index contributed by atoms with van der Waals surface area (Å²) in [6.07, 6.45) is 0. The lowest BCUT2D eigenvalue weighted by atomic mass is 10.1. The fraction of sp³-hybridized carbons (Fsp3) is 0.222. The number of hydrogen-bond acceptors (Lipinski definition) is 6. The highest BCUT2D eigenvalue weighted by Gasteiger charge is 2.26. The van der Waals surface area contributed by atoms with E-state index in [0.717, 1.165) is 12.1 Å². The summed E-state index contributed by atoms with van der Waals surface area (Å²) in [7, 11) is 0. The van der Waals surface area contributed by atoms with Gasteiger partial charge in [-0.15, -0.1) is 0 Å². The Kier molecular flexibility index (Phi) is 4.16. The highest BCUT2D eigenvalue weighted by Crippen LogP contribution is 2.35. The lowest BCUT2D eigenvalue weighted by molar-refractivity contribution is -0.393. The van der Waals surface area contributed by atoms with E-state index < -0.39 is 26.2 Å². The van der Waals surface area contributed by atoms with E-state index in [9.17, 15) is 20.2 Å². The van der Waals surface area contributed by atoms with Crippen LogP contribution in [0.3, 0.4) is 0 Å². The molecule has 0 amide bonds. The van der Waals surface area contributed by atoms with Crippen LogP contribution in [0.2, 0.25) is 5.02 Å². The number of nitro benzene ring substituents is 2. The van der Waals surface area contributed by atoms with Gasteiger partial charge in [-0.3, -0.25) is 25.6 Å². The third kappa shape index (κ3) is 2.72. The van der Waals surface area contributed by atoms with Gasteiger partial charge in [0.05, 0.1) is 16.5 Å². The molecule has 1 aromatic carbocycles. The Morgan fingerprint density at radius 2 is 1.78 bits per heavy atom. The van der Waals surface area contributed by atoms with Gasteiger partial charge in [0.2, 0.25) is 5.90 Å². The van der Waals surface area contributed by atoms with Crippen LogP contribution in [-0.2, 0) is 4.74 Å². The van der Waals surface area contributed by atoms with Crippen molar-refractivity contribution in [2.45, 2.75) is 6.92 Å². The first-order valence-electron chi connectivity index (χ1n) is 4.72. The number of ether oxygens (including phenoxy) is 1. The molecule has 0 fully saturated rings. The standard InChI is InChI=1S/C9H8ClN3O5/c1-2-18-9(11)5-3-6(12(14)15)8(10)7(4-5)13(16)17/h3-4,11H,2H2,1H3.